The van der Waals surface area contributed by atoms with Gasteiger partial charge < -0.3 is 9.64 Å². The van der Waals surface area contributed by atoms with Crippen molar-refractivity contribution in [1.29, 1.82) is 0 Å². The van der Waals surface area contributed by atoms with Gasteiger partial charge in [0.1, 0.15) is 5.82 Å². The maximum absolute atomic E-state index is 5.83. The molecule has 4 heteroatoms. The molecular formula is C20H31N3O. The number of anilines is 1. The molecule has 4 rings (SSSR count). The molecule has 1 aliphatic carbocycles. The lowest BCUT2D eigenvalue weighted by molar-refractivity contribution is 0.00216. The molecule has 1 aromatic heterocycles. The Morgan fingerprint density at radius 1 is 1.12 bits per heavy atom. The SMILES string of the molecule is CO[C@@H]1CCC[C@@]12CCCN(c1ccc(CN3CCCC3)cn1)C2. The molecule has 1 spiro atoms. The smallest absolute Gasteiger partial charge is 0.128 e. The van der Waals surface area contributed by atoms with Crippen molar-refractivity contribution in [3.8, 4) is 0 Å². The first-order valence-electron chi connectivity index (χ1n) is 9.74. The van der Waals surface area contributed by atoms with Crippen molar-refractivity contribution in [2.45, 2.75) is 57.6 Å². The third kappa shape index (κ3) is 3.18. The molecule has 0 amide bonds. The quantitative estimate of drug-likeness (QED) is 0.846. The van der Waals surface area contributed by atoms with Gasteiger partial charge in [0.2, 0.25) is 0 Å². The van der Waals surface area contributed by atoms with Crippen LogP contribution in [0.15, 0.2) is 18.3 Å². The average Bonchev–Trinajstić information content (AvgIpc) is 3.25. The summed E-state index contributed by atoms with van der Waals surface area (Å²) in [4.78, 5) is 9.84. The van der Waals surface area contributed by atoms with E-state index in [1.54, 1.807) is 0 Å². The molecule has 3 aliphatic rings. The minimum absolute atomic E-state index is 0.364. The van der Waals surface area contributed by atoms with E-state index >= 15 is 0 Å². The molecule has 2 aliphatic heterocycles. The fourth-order valence-corrected chi connectivity index (χ4v) is 5.19. The highest BCUT2D eigenvalue weighted by atomic mass is 16.5. The Morgan fingerprint density at radius 2 is 1.96 bits per heavy atom. The van der Waals surface area contributed by atoms with Gasteiger partial charge in [0.25, 0.3) is 0 Å². The van der Waals surface area contributed by atoms with Crippen LogP contribution in [-0.2, 0) is 11.3 Å². The van der Waals surface area contributed by atoms with Crippen LogP contribution >= 0.6 is 0 Å². The molecule has 0 bridgehead atoms. The second-order valence-electron chi connectivity index (χ2n) is 8.01. The topological polar surface area (TPSA) is 28.6 Å². The van der Waals surface area contributed by atoms with E-state index in [9.17, 15) is 0 Å². The third-order valence-corrected chi connectivity index (χ3v) is 6.45. The minimum Gasteiger partial charge on any atom is -0.381 e. The zero-order chi connectivity index (χ0) is 16.4. The predicted molar refractivity (Wildman–Crippen MR) is 97.3 cm³/mol. The molecule has 0 N–H and O–H groups in total. The number of rotatable bonds is 4. The van der Waals surface area contributed by atoms with E-state index in [1.807, 2.05) is 7.11 Å². The van der Waals surface area contributed by atoms with E-state index in [-0.39, 0.29) is 0 Å². The summed E-state index contributed by atoms with van der Waals surface area (Å²) in [7, 11) is 1.89. The lowest BCUT2D eigenvalue weighted by Gasteiger charge is -2.44. The van der Waals surface area contributed by atoms with Gasteiger partial charge in [-0.25, -0.2) is 4.98 Å². The molecule has 0 unspecified atom stereocenters. The highest BCUT2D eigenvalue weighted by Crippen LogP contribution is 2.46. The Morgan fingerprint density at radius 3 is 2.71 bits per heavy atom. The summed E-state index contributed by atoms with van der Waals surface area (Å²) >= 11 is 0. The molecule has 2 saturated heterocycles. The summed E-state index contributed by atoms with van der Waals surface area (Å²) in [5, 5.41) is 0. The number of pyridine rings is 1. The van der Waals surface area contributed by atoms with Crippen molar-refractivity contribution in [3.63, 3.8) is 0 Å². The standard InChI is InChI=1S/C20H31N3O/c1-24-18-6-4-9-20(18)10-5-13-23(16-20)19-8-7-17(14-21-19)15-22-11-2-3-12-22/h7-8,14,18H,2-6,9-13,15-16H2,1H3/t18-,20+/m1/s1. The molecule has 3 fully saturated rings. The van der Waals surface area contributed by atoms with Crippen molar-refractivity contribution in [2.75, 3.05) is 38.2 Å². The van der Waals surface area contributed by atoms with Crippen LogP contribution in [-0.4, -0.2) is 49.3 Å². The molecule has 3 heterocycles. The number of methoxy groups -OCH3 is 1. The number of aromatic nitrogens is 1. The van der Waals surface area contributed by atoms with Crippen molar-refractivity contribution in [3.05, 3.63) is 23.9 Å². The van der Waals surface area contributed by atoms with Gasteiger partial charge in [-0.05, 0) is 63.2 Å². The monoisotopic (exact) mass is 329 g/mol. The summed E-state index contributed by atoms with van der Waals surface area (Å²) in [6.45, 7) is 5.80. The van der Waals surface area contributed by atoms with Crippen LogP contribution in [0.3, 0.4) is 0 Å². The zero-order valence-electron chi connectivity index (χ0n) is 15.0. The van der Waals surface area contributed by atoms with Crippen molar-refractivity contribution in [1.82, 2.24) is 9.88 Å². The Labute approximate surface area is 146 Å². The zero-order valence-corrected chi connectivity index (χ0v) is 15.0. The summed E-state index contributed by atoms with van der Waals surface area (Å²) in [5.74, 6) is 1.15. The second kappa shape index (κ2) is 7.01. The molecular weight excluding hydrogens is 298 g/mol. The van der Waals surface area contributed by atoms with Gasteiger partial charge in [-0.1, -0.05) is 12.5 Å². The molecule has 24 heavy (non-hydrogen) atoms. The van der Waals surface area contributed by atoms with E-state index < -0.39 is 0 Å². The number of piperidine rings is 1. The van der Waals surface area contributed by atoms with Gasteiger partial charge in [0.05, 0.1) is 6.10 Å². The Bertz CT molecular complexity index is 540. The van der Waals surface area contributed by atoms with Gasteiger partial charge in [-0.15, -0.1) is 0 Å². The lowest BCUT2D eigenvalue weighted by Crippen LogP contribution is -2.48. The number of hydrogen-bond donors (Lipinski definition) is 0. The first kappa shape index (κ1) is 16.3. The summed E-state index contributed by atoms with van der Waals surface area (Å²) in [6.07, 6.45) is 11.7. The van der Waals surface area contributed by atoms with E-state index in [2.05, 4.69) is 28.1 Å². The fraction of sp³-hybridized carbons (Fsp3) is 0.750. The second-order valence-corrected chi connectivity index (χ2v) is 8.01. The van der Waals surface area contributed by atoms with Gasteiger partial charge in [0, 0.05) is 38.4 Å². The normalized spacial score (nSPS) is 31.2. The number of nitrogens with zero attached hydrogens (tertiary/aromatic N) is 3. The molecule has 4 nitrogen and oxygen atoms in total. The van der Waals surface area contributed by atoms with Crippen LogP contribution in [0, 0.1) is 5.41 Å². The Balaban J connectivity index is 1.43. The van der Waals surface area contributed by atoms with Crippen LogP contribution in [0.2, 0.25) is 0 Å². The van der Waals surface area contributed by atoms with Gasteiger partial charge in [-0.2, -0.15) is 0 Å². The summed E-state index contributed by atoms with van der Waals surface area (Å²) < 4.78 is 5.83. The van der Waals surface area contributed by atoms with E-state index in [0.717, 1.165) is 25.5 Å². The first-order chi connectivity index (χ1) is 11.8. The molecule has 2 atom stereocenters. The Hall–Kier alpha value is -1.13. The summed E-state index contributed by atoms with van der Waals surface area (Å²) in [5.41, 5.74) is 1.71. The predicted octanol–water partition coefficient (Wildman–Crippen LogP) is 3.46. The molecule has 0 radical (unpaired) electrons. The third-order valence-electron chi connectivity index (χ3n) is 6.45. The summed E-state index contributed by atoms with van der Waals surface area (Å²) in [6, 6.07) is 4.52. The maximum atomic E-state index is 5.83. The largest absolute Gasteiger partial charge is 0.381 e. The Kier molecular flexibility index (Phi) is 4.77. The average molecular weight is 329 g/mol. The van der Waals surface area contributed by atoms with Crippen molar-refractivity contribution in [2.24, 2.45) is 5.41 Å². The number of hydrogen-bond acceptors (Lipinski definition) is 4. The highest BCUT2D eigenvalue weighted by molar-refractivity contribution is 5.40. The maximum Gasteiger partial charge on any atom is 0.128 e. The molecule has 132 valence electrons. The van der Waals surface area contributed by atoms with E-state index in [1.165, 1.54) is 63.6 Å². The lowest BCUT2D eigenvalue weighted by atomic mass is 9.76. The van der Waals surface area contributed by atoms with Gasteiger partial charge >= 0.3 is 0 Å². The van der Waals surface area contributed by atoms with Crippen molar-refractivity contribution < 1.29 is 4.74 Å². The van der Waals surface area contributed by atoms with E-state index in [4.69, 9.17) is 9.72 Å². The van der Waals surface area contributed by atoms with Crippen LogP contribution in [0.25, 0.3) is 0 Å². The van der Waals surface area contributed by atoms with E-state index in [0.29, 0.717) is 11.5 Å². The molecule has 1 aromatic rings. The van der Waals surface area contributed by atoms with Crippen molar-refractivity contribution >= 4 is 5.82 Å². The molecule has 0 aromatic carbocycles. The van der Waals surface area contributed by atoms with Gasteiger partial charge in [-0.3, -0.25) is 4.90 Å². The van der Waals surface area contributed by atoms with Crippen LogP contribution in [0.4, 0.5) is 5.82 Å². The van der Waals surface area contributed by atoms with Crippen LogP contribution in [0.1, 0.15) is 50.5 Å². The fourth-order valence-electron chi connectivity index (χ4n) is 5.19. The molecule has 1 saturated carbocycles. The number of likely N-dealkylation sites (tertiary alicyclic amines) is 1. The van der Waals surface area contributed by atoms with Crippen LogP contribution in [0.5, 0.6) is 0 Å². The minimum atomic E-state index is 0.364. The number of ether oxygens (including phenoxy) is 1. The highest BCUT2D eigenvalue weighted by Gasteiger charge is 2.46. The first-order valence-corrected chi connectivity index (χ1v) is 9.74. The van der Waals surface area contributed by atoms with Crippen LogP contribution < -0.4 is 4.90 Å². The van der Waals surface area contributed by atoms with Gasteiger partial charge in [0.15, 0.2) is 0 Å².